The molecule has 0 bridgehead atoms. The predicted octanol–water partition coefficient (Wildman–Crippen LogP) is 12.8. The van der Waals surface area contributed by atoms with Crippen molar-refractivity contribution in [3.63, 3.8) is 0 Å². The first-order valence-electron chi connectivity index (χ1n) is 16.3. The Morgan fingerprint density at radius 2 is 1.09 bits per heavy atom. The van der Waals surface area contributed by atoms with E-state index in [1.54, 1.807) is 0 Å². The molecular formula is C45H31NO. The Hall–Kier alpha value is -5.86. The van der Waals surface area contributed by atoms with Gasteiger partial charge in [-0.15, -0.1) is 0 Å². The van der Waals surface area contributed by atoms with Gasteiger partial charge in [-0.1, -0.05) is 117 Å². The molecule has 1 aliphatic rings. The fourth-order valence-corrected chi connectivity index (χ4v) is 8.08. The van der Waals surface area contributed by atoms with Crippen LogP contribution in [0.1, 0.15) is 25.0 Å². The van der Waals surface area contributed by atoms with Crippen molar-refractivity contribution in [2.24, 2.45) is 0 Å². The molecule has 222 valence electrons. The molecule has 1 aliphatic carbocycles. The third kappa shape index (κ3) is 3.79. The van der Waals surface area contributed by atoms with E-state index in [0.29, 0.717) is 0 Å². The lowest BCUT2D eigenvalue weighted by Gasteiger charge is -2.28. The van der Waals surface area contributed by atoms with E-state index in [1.165, 1.54) is 54.6 Å². The Balaban J connectivity index is 1.25. The van der Waals surface area contributed by atoms with Crippen LogP contribution in [0, 0.1) is 0 Å². The Morgan fingerprint density at radius 3 is 2.02 bits per heavy atom. The van der Waals surface area contributed by atoms with E-state index < -0.39 is 0 Å². The highest BCUT2D eigenvalue weighted by molar-refractivity contribution is 6.17. The van der Waals surface area contributed by atoms with Crippen LogP contribution in [0.3, 0.4) is 0 Å². The summed E-state index contributed by atoms with van der Waals surface area (Å²) in [5.74, 6) is 0. The average Bonchev–Trinajstić information content (AvgIpc) is 3.58. The number of hydrogen-bond acceptors (Lipinski definition) is 2. The molecule has 0 spiro atoms. The van der Waals surface area contributed by atoms with Gasteiger partial charge in [-0.3, -0.25) is 0 Å². The molecule has 0 radical (unpaired) electrons. The van der Waals surface area contributed by atoms with Crippen LogP contribution in [-0.4, -0.2) is 0 Å². The maximum absolute atomic E-state index is 6.26. The first kappa shape index (κ1) is 26.4. The van der Waals surface area contributed by atoms with Gasteiger partial charge in [0.15, 0.2) is 0 Å². The quantitative estimate of drug-likeness (QED) is 0.187. The second-order valence-corrected chi connectivity index (χ2v) is 13.4. The first-order valence-corrected chi connectivity index (χ1v) is 16.3. The van der Waals surface area contributed by atoms with Gasteiger partial charge in [0.25, 0.3) is 0 Å². The van der Waals surface area contributed by atoms with Crippen molar-refractivity contribution in [3.8, 4) is 11.1 Å². The van der Waals surface area contributed by atoms with Gasteiger partial charge >= 0.3 is 0 Å². The highest BCUT2D eigenvalue weighted by Crippen LogP contribution is 2.51. The molecule has 2 nitrogen and oxygen atoms in total. The molecule has 8 aromatic carbocycles. The monoisotopic (exact) mass is 601 g/mol. The maximum atomic E-state index is 6.26. The number of hydrogen-bond donors (Lipinski definition) is 0. The van der Waals surface area contributed by atoms with Crippen LogP contribution in [0.5, 0.6) is 0 Å². The minimum absolute atomic E-state index is 0.0425. The number of rotatable bonds is 3. The minimum Gasteiger partial charge on any atom is -0.456 e. The fourth-order valence-electron chi connectivity index (χ4n) is 8.08. The summed E-state index contributed by atoms with van der Waals surface area (Å²) < 4.78 is 6.26. The third-order valence-electron chi connectivity index (χ3n) is 10.4. The first-order chi connectivity index (χ1) is 23.0. The van der Waals surface area contributed by atoms with Crippen LogP contribution >= 0.6 is 0 Å². The van der Waals surface area contributed by atoms with Gasteiger partial charge in [0, 0.05) is 32.9 Å². The van der Waals surface area contributed by atoms with Crippen LogP contribution in [0.25, 0.3) is 65.4 Å². The van der Waals surface area contributed by atoms with Gasteiger partial charge in [0.05, 0.1) is 5.69 Å². The zero-order valence-corrected chi connectivity index (χ0v) is 26.3. The van der Waals surface area contributed by atoms with Crippen LogP contribution in [0.2, 0.25) is 0 Å². The van der Waals surface area contributed by atoms with Crippen LogP contribution in [-0.2, 0) is 5.41 Å². The highest BCUT2D eigenvalue weighted by atomic mass is 16.3. The van der Waals surface area contributed by atoms with Crippen molar-refractivity contribution < 1.29 is 4.42 Å². The molecule has 0 atom stereocenters. The standard InChI is InChI=1S/C45H31NO/c1-45(2)40-15-7-5-13-34(40)38-26-32(22-23-41(38)45)46(42-16-9-11-28-10-3-4-12-33(28)42)31-21-20-29-18-19-30-24-44-39(27-37(30)36(29)25-31)35-14-6-8-17-43(35)47-44/h3-27H,1-2H3. The van der Waals surface area contributed by atoms with Crippen molar-refractivity contribution in [3.05, 3.63) is 163 Å². The van der Waals surface area contributed by atoms with Crippen LogP contribution < -0.4 is 4.90 Å². The number of anilines is 3. The molecule has 47 heavy (non-hydrogen) atoms. The van der Waals surface area contributed by atoms with Crippen molar-refractivity contribution >= 4 is 71.3 Å². The molecule has 0 N–H and O–H groups in total. The summed E-state index contributed by atoms with van der Waals surface area (Å²) in [7, 11) is 0. The zero-order valence-electron chi connectivity index (χ0n) is 26.3. The molecule has 2 heteroatoms. The van der Waals surface area contributed by atoms with Gasteiger partial charge in [0.1, 0.15) is 11.2 Å². The maximum Gasteiger partial charge on any atom is 0.136 e. The molecule has 0 amide bonds. The van der Waals surface area contributed by atoms with E-state index in [1.807, 2.05) is 6.07 Å². The van der Waals surface area contributed by atoms with Crippen molar-refractivity contribution in [2.75, 3.05) is 4.90 Å². The van der Waals surface area contributed by atoms with Gasteiger partial charge in [-0.05, 0) is 97.7 Å². The number of para-hydroxylation sites is 1. The molecule has 9 aromatic rings. The molecule has 0 aliphatic heterocycles. The number of benzene rings is 8. The summed E-state index contributed by atoms with van der Waals surface area (Å²) in [6.07, 6.45) is 0. The molecule has 1 aromatic heterocycles. The van der Waals surface area contributed by atoms with Crippen molar-refractivity contribution in [1.29, 1.82) is 0 Å². The molecular weight excluding hydrogens is 571 g/mol. The lowest BCUT2D eigenvalue weighted by atomic mass is 9.82. The van der Waals surface area contributed by atoms with Gasteiger partial charge in [-0.2, -0.15) is 0 Å². The van der Waals surface area contributed by atoms with Gasteiger partial charge < -0.3 is 9.32 Å². The predicted molar refractivity (Wildman–Crippen MR) is 198 cm³/mol. The van der Waals surface area contributed by atoms with Crippen LogP contribution in [0.15, 0.2) is 156 Å². The molecule has 0 fully saturated rings. The molecule has 0 saturated heterocycles. The van der Waals surface area contributed by atoms with E-state index >= 15 is 0 Å². The van der Waals surface area contributed by atoms with E-state index in [0.717, 1.165) is 39.0 Å². The Bertz CT molecular complexity index is 2720. The number of fused-ring (bicyclic) bond motifs is 10. The van der Waals surface area contributed by atoms with Crippen molar-refractivity contribution in [2.45, 2.75) is 19.3 Å². The summed E-state index contributed by atoms with van der Waals surface area (Å²) >= 11 is 0. The largest absolute Gasteiger partial charge is 0.456 e. The normalized spacial score (nSPS) is 13.5. The lowest BCUT2D eigenvalue weighted by Crippen LogP contribution is -2.15. The third-order valence-corrected chi connectivity index (χ3v) is 10.4. The second-order valence-electron chi connectivity index (χ2n) is 13.4. The molecule has 0 saturated carbocycles. The van der Waals surface area contributed by atoms with E-state index in [2.05, 4.69) is 164 Å². The zero-order chi connectivity index (χ0) is 31.3. The average molecular weight is 602 g/mol. The molecule has 1 heterocycles. The lowest BCUT2D eigenvalue weighted by molar-refractivity contribution is 0.660. The summed E-state index contributed by atoms with van der Waals surface area (Å²) in [6.45, 7) is 4.68. The summed E-state index contributed by atoms with van der Waals surface area (Å²) in [4.78, 5) is 2.45. The van der Waals surface area contributed by atoms with Crippen molar-refractivity contribution in [1.82, 2.24) is 0 Å². The second kappa shape index (κ2) is 9.57. The SMILES string of the molecule is CC1(C)c2ccccc2-c2cc(N(c3ccc4ccc5cc6oc7ccccc7c6cc5c4c3)c3cccc4ccccc34)ccc21. The number of nitrogens with zero attached hydrogens (tertiary/aromatic N) is 1. The van der Waals surface area contributed by atoms with Gasteiger partial charge in [0.2, 0.25) is 0 Å². The Kier molecular flexibility index (Phi) is 5.37. The summed E-state index contributed by atoms with van der Waals surface area (Å²) in [6, 6.07) is 55.5. The van der Waals surface area contributed by atoms with Crippen LogP contribution in [0.4, 0.5) is 17.1 Å². The van der Waals surface area contributed by atoms with E-state index in [-0.39, 0.29) is 5.41 Å². The van der Waals surface area contributed by atoms with E-state index in [4.69, 9.17) is 4.42 Å². The molecule has 0 unspecified atom stereocenters. The smallest absolute Gasteiger partial charge is 0.136 e. The Labute approximate surface area is 273 Å². The topological polar surface area (TPSA) is 16.4 Å². The Morgan fingerprint density at radius 1 is 0.426 bits per heavy atom. The minimum atomic E-state index is -0.0425. The summed E-state index contributed by atoms with van der Waals surface area (Å²) in [5.41, 5.74) is 10.6. The molecule has 10 rings (SSSR count). The van der Waals surface area contributed by atoms with Gasteiger partial charge in [-0.25, -0.2) is 0 Å². The van der Waals surface area contributed by atoms with E-state index in [9.17, 15) is 0 Å². The highest BCUT2D eigenvalue weighted by Gasteiger charge is 2.35. The summed E-state index contributed by atoms with van der Waals surface area (Å²) in [5, 5.41) is 9.60. The fraction of sp³-hybridized carbons (Fsp3) is 0.0667. The number of furan rings is 1.